The number of amides is 1. The number of carbonyl (C=O) groups excluding carboxylic acids is 1. The summed E-state index contributed by atoms with van der Waals surface area (Å²) in [4.78, 5) is 17.9. The standard InChI is InChI=1S/C10H6F3N5O/c11-10(12,13)9-14-3-2-7(18-9)8(19)17-6-1-4-15-16-5-6/h1-5H,(H,15,17,19). The Hall–Kier alpha value is -2.58. The van der Waals surface area contributed by atoms with E-state index < -0.39 is 17.9 Å². The van der Waals surface area contributed by atoms with E-state index in [1.165, 1.54) is 18.5 Å². The molecule has 0 unspecified atom stereocenters. The maximum atomic E-state index is 12.4. The molecule has 9 heteroatoms. The molecule has 0 spiro atoms. The quantitative estimate of drug-likeness (QED) is 0.894. The highest BCUT2D eigenvalue weighted by Crippen LogP contribution is 2.25. The third-order valence-electron chi connectivity index (χ3n) is 1.98. The Morgan fingerprint density at radius 2 is 1.95 bits per heavy atom. The minimum Gasteiger partial charge on any atom is -0.319 e. The maximum Gasteiger partial charge on any atom is 0.451 e. The zero-order valence-electron chi connectivity index (χ0n) is 9.22. The number of carbonyl (C=O) groups is 1. The third-order valence-corrected chi connectivity index (χ3v) is 1.98. The summed E-state index contributed by atoms with van der Waals surface area (Å²) in [6.07, 6.45) is -1.25. The van der Waals surface area contributed by atoms with Crippen LogP contribution in [0.3, 0.4) is 0 Å². The monoisotopic (exact) mass is 269 g/mol. The van der Waals surface area contributed by atoms with Gasteiger partial charge in [0.1, 0.15) is 5.69 Å². The zero-order chi connectivity index (χ0) is 13.9. The van der Waals surface area contributed by atoms with Crippen LogP contribution in [-0.4, -0.2) is 26.1 Å². The van der Waals surface area contributed by atoms with Gasteiger partial charge in [-0.25, -0.2) is 9.97 Å². The lowest BCUT2D eigenvalue weighted by Crippen LogP contribution is -2.18. The molecule has 0 fully saturated rings. The van der Waals surface area contributed by atoms with Crippen LogP contribution in [0, 0.1) is 0 Å². The Balaban J connectivity index is 2.20. The van der Waals surface area contributed by atoms with E-state index in [1.54, 1.807) is 0 Å². The Morgan fingerprint density at radius 3 is 2.58 bits per heavy atom. The fourth-order valence-electron chi connectivity index (χ4n) is 1.18. The Bertz CT molecular complexity index is 587. The van der Waals surface area contributed by atoms with Crippen LogP contribution < -0.4 is 5.32 Å². The fraction of sp³-hybridized carbons (Fsp3) is 0.100. The lowest BCUT2D eigenvalue weighted by atomic mass is 10.3. The average molecular weight is 269 g/mol. The highest BCUT2D eigenvalue weighted by Gasteiger charge is 2.35. The van der Waals surface area contributed by atoms with Gasteiger partial charge in [-0.05, 0) is 12.1 Å². The number of halogens is 3. The second-order valence-electron chi connectivity index (χ2n) is 3.35. The molecule has 0 aromatic carbocycles. The summed E-state index contributed by atoms with van der Waals surface area (Å²) in [6, 6.07) is 2.52. The van der Waals surface area contributed by atoms with E-state index in [4.69, 9.17) is 0 Å². The molecular formula is C10H6F3N5O. The summed E-state index contributed by atoms with van der Waals surface area (Å²) >= 11 is 0. The first-order valence-electron chi connectivity index (χ1n) is 4.95. The van der Waals surface area contributed by atoms with Crippen molar-refractivity contribution in [3.05, 3.63) is 42.2 Å². The van der Waals surface area contributed by atoms with Crippen LogP contribution in [0.25, 0.3) is 0 Å². The van der Waals surface area contributed by atoms with E-state index in [9.17, 15) is 18.0 Å². The fourth-order valence-corrected chi connectivity index (χ4v) is 1.18. The number of nitrogens with zero attached hydrogens (tertiary/aromatic N) is 4. The number of hydrogen-bond acceptors (Lipinski definition) is 5. The van der Waals surface area contributed by atoms with E-state index in [0.29, 0.717) is 5.69 Å². The molecule has 0 saturated carbocycles. The molecule has 0 aliphatic rings. The molecule has 2 rings (SSSR count). The number of rotatable bonds is 2. The predicted molar refractivity (Wildman–Crippen MR) is 57.0 cm³/mol. The minimum absolute atomic E-state index is 0.298. The summed E-state index contributed by atoms with van der Waals surface area (Å²) in [6.45, 7) is 0. The van der Waals surface area contributed by atoms with E-state index in [-0.39, 0.29) is 5.69 Å². The average Bonchev–Trinajstić information content (AvgIpc) is 2.39. The van der Waals surface area contributed by atoms with Gasteiger partial charge in [0.2, 0.25) is 5.82 Å². The van der Waals surface area contributed by atoms with Crippen molar-refractivity contribution in [2.45, 2.75) is 6.18 Å². The van der Waals surface area contributed by atoms with Gasteiger partial charge < -0.3 is 5.32 Å². The van der Waals surface area contributed by atoms with Crippen LogP contribution >= 0.6 is 0 Å². The van der Waals surface area contributed by atoms with Crippen LogP contribution in [0.5, 0.6) is 0 Å². The summed E-state index contributed by atoms with van der Waals surface area (Å²) in [5.74, 6) is -2.16. The highest BCUT2D eigenvalue weighted by atomic mass is 19.4. The van der Waals surface area contributed by atoms with Crippen molar-refractivity contribution in [3.8, 4) is 0 Å². The van der Waals surface area contributed by atoms with Crippen molar-refractivity contribution in [2.75, 3.05) is 5.32 Å². The number of anilines is 1. The maximum absolute atomic E-state index is 12.4. The Kier molecular flexibility index (Phi) is 3.36. The normalized spacial score (nSPS) is 11.1. The molecule has 19 heavy (non-hydrogen) atoms. The number of aromatic nitrogens is 4. The summed E-state index contributed by atoms with van der Waals surface area (Å²) in [5.41, 5.74) is -0.0914. The van der Waals surface area contributed by atoms with E-state index in [0.717, 1.165) is 12.3 Å². The van der Waals surface area contributed by atoms with Gasteiger partial charge >= 0.3 is 6.18 Å². The first-order chi connectivity index (χ1) is 8.97. The molecule has 2 aromatic heterocycles. The van der Waals surface area contributed by atoms with Crippen LogP contribution in [0.2, 0.25) is 0 Å². The molecule has 0 atom stereocenters. The molecule has 2 heterocycles. The van der Waals surface area contributed by atoms with Crippen molar-refractivity contribution in [3.63, 3.8) is 0 Å². The molecule has 0 aliphatic carbocycles. The van der Waals surface area contributed by atoms with Gasteiger partial charge in [-0.1, -0.05) is 0 Å². The lowest BCUT2D eigenvalue weighted by molar-refractivity contribution is -0.145. The molecule has 6 nitrogen and oxygen atoms in total. The van der Waals surface area contributed by atoms with Crippen molar-refractivity contribution < 1.29 is 18.0 Å². The van der Waals surface area contributed by atoms with Gasteiger partial charge in [0.25, 0.3) is 5.91 Å². The second kappa shape index (κ2) is 4.96. The first kappa shape index (κ1) is 12.9. The van der Waals surface area contributed by atoms with Crippen molar-refractivity contribution >= 4 is 11.6 Å². The SMILES string of the molecule is O=C(Nc1ccnnc1)c1ccnc(C(F)(F)F)n1. The van der Waals surface area contributed by atoms with Crippen LogP contribution in [0.15, 0.2) is 30.7 Å². The van der Waals surface area contributed by atoms with Crippen LogP contribution in [0.1, 0.15) is 16.3 Å². The molecule has 0 aliphatic heterocycles. The first-order valence-corrected chi connectivity index (χ1v) is 4.95. The predicted octanol–water partition coefficient (Wildman–Crippen LogP) is 1.54. The molecule has 1 N–H and O–H groups in total. The van der Waals surface area contributed by atoms with Gasteiger partial charge in [-0.15, -0.1) is 0 Å². The molecule has 1 amide bonds. The van der Waals surface area contributed by atoms with Gasteiger partial charge in [-0.3, -0.25) is 4.79 Å². The molecule has 0 bridgehead atoms. The van der Waals surface area contributed by atoms with Gasteiger partial charge in [0.15, 0.2) is 0 Å². The summed E-state index contributed by atoms with van der Waals surface area (Å²) in [5, 5.41) is 9.34. The van der Waals surface area contributed by atoms with Crippen LogP contribution in [0.4, 0.5) is 18.9 Å². The lowest BCUT2D eigenvalue weighted by Gasteiger charge is -2.06. The smallest absolute Gasteiger partial charge is 0.319 e. The van der Waals surface area contributed by atoms with Crippen molar-refractivity contribution in [1.82, 2.24) is 20.2 Å². The zero-order valence-corrected chi connectivity index (χ0v) is 9.22. The molecular weight excluding hydrogens is 263 g/mol. The van der Waals surface area contributed by atoms with Crippen LogP contribution in [-0.2, 0) is 6.18 Å². The third kappa shape index (κ3) is 3.21. The van der Waals surface area contributed by atoms with Crippen molar-refractivity contribution in [2.24, 2.45) is 0 Å². The summed E-state index contributed by atoms with van der Waals surface area (Å²) in [7, 11) is 0. The molecule has 2 aromatic rings. The minimum atomic E-state index is -4.70. The Morgan fingerprint density at radius 1 is 1.16 bits per heavy atom. The van der Waals surface area contributed by atoms with Gasteiger partial charge in [-0.2, -0.15) is 23.4 Å². The van der Waals surface area contributed by atoms with Gasteiger partial charge in [0, 0.05) is 6.20 Å². The number of alkyl halides is 3. The number of nitrogens with one attached hydrogen (secondary N) is 1. The molecule has 0 radical (unpaired) electrons. The molecule has 0 saturated heterocycles. The molecule has 98 valence electrons. The second-order valence-corrected chi connectivity index (χ2v) is 3.35. The summed E-state index contributed by atoms with van der Waals surface area (Å²) < 4.78 is 37.1. The van der Waals surface area contributed by atoms with E-state index >= 15 is 0 Å². The van der Waals surface area contributed by atoms with Crippen molar-refractivity contribution in [1.29, 1.82) is 0 Å². The number of hydrogen-bond donors (Lipinski definition) is 1. The van der Waals surface area contributed by atoms with Gasteiger partial charge in [0.05, 0.1) is 18.1 Å². The topological polar surface area (TPSA) is 80.7 Å². The Labute approximate surface area is 104 Å². The highest BCUT2D eigenvalue weighted by molar-refractivity contribution is 6.02. The van der Waals surface area contributed by atoms with E-state index in [2.05, 4.69) is 25.5 Å². The van der Waals surface area contributed by atoms with E-state index in [1.807, 2.05) is 0 Å². The largest absolute Gasteiger partial charge is 0.451 e.